The molecule has 2 atom stereocenters. The number of nitriles is 1. The van der Waals surface area contributed by atoms with Gasteiger partial charge in [0.1, 0.15) is 5.75 Å². The molecular weight excluding hydrogens is 421 g/mol. The Labute approximate surface area is 182 Å². The lowest BCUT2D eigenvalue weighted by Gasteiger charge is -2.38. The Bertz CT molecular complexity index is 1180. The van der Waals surface area contributed by atoms with E-state index < -0.39 is 24.2 Å². The fourth-order valence-corrected chi connectivity index (χ4v) is 5.19. The minimum absolute atomic E-state index is 0.365. The minimum atomic E-state index is -4.87. The second-order valence-corrected chi connectivity index (χ2v) is 8.24. The van der Waals surface area contributed by atoms with Crippen molar-refractivity contribution in [1.82, 2.24) is 4.90 Å². The van der Waals surface area contributed by atoms with Gasteiger partial charge in [0.15, 0.2) is 11.5 Å². The van der Waals surface area contributed by atoms with E-state index in [4.69, 9.17) is 9.47 Å². The molecular formula is C24H19F3N2O3. The van der Waals surface area contributed by atoms with Gasteiger partial charge in [-0.25, -0.2) is 0 Å². The maximum Gasteiger partial charge on any atom is 0.471 e. The highest BCUT2D eigenvalue weighted by Gasteiger charge is 2.51. The predicted molar refractivity (Wildman–Crippen MR) is 109 cm³/mol. The first-order valence-electron chi connectivity index (χ1n) is 10.3. The van der Waals surface area contributed by atoms with Gasteiger partial charge in [0.2, 0.25) is 0 Å². The van der Waals surface area contributed by atoms with Gasteiger partial charge in [-0.15, -0.1) is 0 Å². The van der Waals surface area contributed by atoms with Crippen LogP contribution in [0.5, 0.6) is 17.2 Å². The average Bonchev–Trinajstić information content (AvgIpc) is 3.04. The van der Waals surface area contributed by atoms with Crippen molar-refractivity contribution < 1.29 is 27.4 Å². The fourth-order valence-electron chi connectivity index (χ4n) is 5.19. The van der Waals surface area contributed by atoms with Crippen molar-refractivity contribution in [3.8, 4) is 23.3 Å². The highest BCUT2D eigenvalue weighted by molar-refractivity contribution is 5.92. The molecule has 8 heteroatoms. The third kappa shape index (κ3) is 3.11. The molecule has 0 N–H and O–H groups in total. The third-order valence-corrected chi connectivity index (χ3v) is 6.47. The summed E-state index contributed by atoms with van der Waals surface area (Å²) in [5.74, 6) is -0.200. The van der Waals surface area contributed by atoms with E-state index in [-0.39, 0.29) is 0 Å². The molecule has 164 valence electrons. The minimum Gasteiger partial charge on any atom is -0.493 e. The van der Waals surface area contributed by atoms with Crippen molar-refractivity contribution in [2.45, 2.75) is 43.9 Å². The van der Waals surface area contributed by atoms with Crippen LogP contribution in [0.4, 0.5) is 13.2 Å². The van der Waals surface area contributed by atoms with Gasteiger partial charge in [0, 0.05) is 23.2 Å². The van der Waals surface area contributed by atoms with Crippen molar-refractivity contribution in [2.75, 3.05) is 7.11 Å². The molecule has 1 amide bonds. The number of carbonyl (C=O) groups is 1. The molecule has 2 bridgehead atoms. The second kappa shape index (κ2) is 7.30. The molecule has 3 aliphatic heterocycles. The molecule has 5 nitrogen and oxygen atoms in total. The number of para-hydroxylation sites is 1. The maximum atomic E-state index is 13.1. The SMILES string of the molecule is COc1cccc2c1Oc1cc(C#N)ccc1C2=C1CC2CCC(C1)N2C(=O)C(F)(F)F. The van der Waals surface area contributed by atoms with Gasteiger partial charge < -0.3 is 14.4 Å². The molecule has 0 spiro atoms. The van der Waals surface area contributed by atoms with E-state index in [1.807, 2.05) is 18.2 Å². The van der Waals surface area contributed by atoms with Gasteiger partial charge in [-0.3, -0.25) is 4.79 Å². The number of amides is 1. The van der Waals surface area contributed by atoms with E-state index in [0.29, 0.717) is 48.5 Å². The van der Waals surface area contributed by atoms with E-state index >= 15 is 0 Å². The van der Waals surface area contributed by atoms with Gasteiger partial charge in [0.05, 0.1) is 18.7 Å². The number of methoxy groups -OCH3 is 1. The van der Waals surface area contributed by atoms with Crippen LogP contribution >= 0.6 is 0 Å². The Kier molecular flexibility index (Phi) is 4.66. The molecule has 3 heterocycles. The van der Waals surface area contributed by atoms with E-state index in [1.54, 1.807) is 18.2 Å². The first-order valence-corrected chi connectivity index (χ1v) is 10.3. The first kappa shape index (κ1) is 20.4. The standard InChI is InChI=1S/C24H19F3N2O3/c1-31-19-4-2-3-18-21(17-8-5-13(12-28)9-20(17)32-22(18)19)14-10-15-6-7-16(11-14)29(15)23(30)24(25,26)27/h2-5,8-9,15-16H,6-7,10-11H2,1H3. The molecule has 2 unspecified atom stereocenters. The number of fused-ring (bicyclic) bond motifs is 4. The fraction of sp³-hybridized carbons (Fsp3) is 0.333. The summed E-state index contributed by atoms with van der Waals surface area (Å²) in [5.41, 5.74) is 3.91. The highest BCUT2D eigenvalue weighted by atomic mass is 19.4. The lowest BCUT2D eigenvalue weighted by molar-refractivity contribution is -0.189. The monoisotopic (exact) mass is 440 g/mol. The van der Waals surface area contributed by atoms with E-state index in [2.05, 4.69) is 6.07 Å². The largest absolute Gasteiger partial charge is 0.493 e. The number of carbonyl (C=O) groups excluding carboxylic acids is 1. The average molecular weight is 440 g/mol. The Morgan fingerprint density at radius 3 is 2.50 bits per heavy atom. The smallest absolute Gasteiger partial charge is 0.471 e. The van der Waals surface area contributed by atoms with Crippen LogP contribution in [-0.4, -0.2) is 36.2 Å². The number of rotatable bonds is 1. The summed E-state index contributed by atoms with van der Waals surface area (Å²) in [5, 5.41) is 9.30. The zero-order chi connectivity index (χ0) is 22.6. The number of hydrogen-bond acceptors (Lipinski definition) is 4. The zero-order valence-electron chi connectivity index (χ0n) is 17.2. The number of ether oxygens (including phenoxy) is 2. The third-order valence-electron chi connectivity index (χ3n) is 6.47. The molecule has 0 radical (unpaired) electrons. The molecule has 0 aliphatic carbocycles. The van der Waals surface area contributed by atoms with Gasteiger partial charge in [0.25, 0.3) is 0 Å². The Balaban J connectivity index is 1.65. The summed E-state index contributed by atoms with van der Waals surface area (Å²) in [4.78, 5) is 13.1. The van der Waals surface area contributed by atoms with Crippen LogP contribution in [0.25, 0.3) is 5.57 Å². The van der Waals surface area contributed by atoms with Crippen LogP contribution < -0.4 is 9.47 Å². The summed E-state index contributed by atoms with van der Waals surface area (Å²) in [6.07, 6.45) is -3.05. The van der Waals surface area contributed by atoms with Gasteiger partial charge in [-0.2, -0.15) is 18.4 Å². The molecule has 2 fully saturated rings. The van der Waals surface area contributed by atoms with Crippen LogP contribution in [0.3, 0.4) is 0 Å². The quantitative estimate of drug-likeness (QED) is 0.523. The number of benzene rings is 2. The van der Waals surface area contributed by atoms with Crippen LogP contribution in [0.2, 0.25) is 0 Å². The number of hydrogen-bond donors (Lipinski definition) is 0. The van der Waals surface area contributed by atoms with Crippen molar-refractivity contribution in [3.63, 3.8) is 0 Å². The maximum absolute atomic E-state index is 13.1. The first-order chi connectivity index (χ1) is 15.3. The Morgan fingerprint density at radius 1 is 1.16 bits per heavy atom. The van der Waals surface area contributed by atoms with Gasteiger partial charge in [-0.05, 0) is 55.5 Å². The molecule has 0 aromatic heterocycles. The molecule has 5 rings (SSSR count). The molecule has 0 saturated carbocycles. The molecule has 2 aromatic rings. The molecule has 32 heavy (non-hydrogen) atoms. The van der Waals surface area contributed by atoms with E-state index in [1.165, 1.54) is 7.11 Å². The van der Waals surface area contributed by atoms with Crippen molar-refractivity contribution in [3.05, 3.63) is 58.7 Å². The lowest BCUT2D eigenvalue weighted by Crippen LogP contribution is -2.50. The van der Waals surface area contributed by atoms with Crippen LogP contribution in [0, 0.1) is 11.3 Å². The molecule has 2 aromatic carbocycles. The Hall–Kier alpha value is -3.47. The van der Waals surface area contributed by atoms with Crippen molar-refractivity contribution >= 4 is 11.5 Å². The normalized spacial score (nSPS) is 21.4. The summed E-state index contributed by atoms with van der Waals surface area (Å²) in [6.45, 7) is 0. The molecule has 2 saturated heterocycles. The van der Waals surface area contributed by atoms with Gasteiger partial charge in [-0.1, -0.05) is 17.7 Å². The van der Waals surface area contributed by atoms with Crippen LogP contribution in [0.1, 0.15) is 42.4 Å². The lowest BCUT2D eigenvalue weighted by atomic mass is 9.83. The topological polar surface area (TPSA) is 62.6 Å². The van der Waals surface area contributed by atoms with E-state index in [9.17, 15) is 23.2 Å². The van der Waals surface area contributed by atoms with Crippen molar-refractivity contribution in [1.29, 1.82) is 5.26 Å². The van der Waals surface area contributed by atoms with Crippen molar-refractivity contribution in [2.24, 2.45) is 0 Å². The summed E-state index contributed by atoms with van der Waals surface area (Å²) >= 11 is 0. The van der Waals surface area contributed by atoms with Crippen LogP contribution in [-0.2, 0) is 4.79 Å². The molecule has 3 aliphatic rings. The summed E-state index contributed by atoms with van der Waals surface area (Å²) in [7, 11) is 1.54. The van der Waals surface area contributed by atoms with E-state index in [0.717, 1.165) is 27.2 Å². The summed E-state index contributed by atoms with van der Waals surface area (Å²) < 4.78 is 51.0. The highest BCUT2D eigenvalue weighted by Crippen LogP contribution is 2.52. The van der Waals surface area contributed by atoms with Gasteiger partial charge >= 0.3 is 12.1 Å². The number of nitrogens with zero attached hydrogens (tertiary/aromatic N) is 2. The number of piperidine rings is 1. The predicted octanol–water partition coefficient (Wildman–Crippen LogP) is 5.19. The number of alkyl halides is 3. The second-order valence-electron chi connectivity index (χ2n) is 8.24. The summed E-state index contributed by atoms with van der Waals surface area (Å²) in [6, 6.07) is 11.8. The zero-order valence-corrected chi connectivity index (χ0v) is 17.2. The number of halogens is 3. The van der Waals surface area contributed by atoms with Crippen LogP contribution in [0.15, 0.2) is 42.0 Å². The Morgan fingerprint density at radius 2 is 1.88 bits per heavy atom.